The highest BCUT2D eigenvalue weighted by Gasteiger charge is 2.30. The predicted molar refractivity (Wildman–Crippen MR) is 105 cm³/mol. The molecule has 3 rings (SSSR count). The van der Waals surface area contributed by atoms with Crippen molar-refractivity contribution in [2.75, 3.05) is 6.54 Å². The SMILES string of the molecule is O=C(O)NCC(Cc1c[nH]c2ccccc12)C(=O)NCc1ccc(C(F)(F)F)cc1. The number of carbonyl (C=O) groups excluding carboxylic acids is 1. The molecule has 9 heteroatoms. The second-order valence-corrected chi connectivity index (χ2v) is 6.86. The Hall–Kier alpha value is -3.49. The summed E-state index contributed by atoms with van der Waals surface area (Å²) in [6, 6.07) is 12.1. The van der Waals surface area contributed by atoms with Crippen LogP contribution in [0.5, 0.6) is 0 Å². The van der Waals surface area contributed by atoms with Crippen molar-refractivity contribution < 1.29 is 27.9 Å². The first-order valence-electron chi connectivity index (χ1n) is 9.19. The number of fused-ring (bicyclic) bond motifs is 1. The van der Waals surface area contributed by atoms with E-state index in [4.69, 9.17) is 5.11 Å². The normalized spacial score (nSPS) is 12.5. The molecule has 1 aromatic heterocycles. The highest BCUT2D eigenvalue weighted by molar-refractivity contribution is 5.85. The molecule has 0 saturated carbocycles. The molecule has 2 aromatic carbocycles. The first-order chi connectivity index (χ1) is 14.2. The molecule has 2 amide bonds. The van der Waals surface area contributed by atoms with E-state index in [1.165, 1.54) is 12.1 Å². The van der Waals surface area contributed by atoms with Gasteiger partial charge in [-0.3, -0.25) is 4.79 Å². The first kappa shape index (κ1) is 21.2. The topological polar surface area (TPSA) is 94.2 Å². The van der Waals surface area contributed by atoms with Crippen molar-refractivity contribution in [2.45, 2.75) is 19.1 Å². The molecule has 0 aliphatic carbocycles. The number of carbonyl (C=O) groups is 2. The quantitative estimate of drug-likeness (QED) is 0.467. The molecule has 1 heterocycles. The van der Waals surface area contributed by atoms with E-state index < -0.39 is 29.7 Å². The number of hydrogen-bond acceptors (Lipinski definition) is 2. The van der Waals surface area contributed by atoms with Gasteiger partial charge in [0, 0.05) is 30.2 Å². The smallest absolute Gasteiger partial charge is 0.416 e. The summed E-state index contributed by atoms with van der Waals surface area (Å²) in [4.78, 5) is 26.7. The lowest BCUT2D eigenvalue weighted by molar-refractivity contribution is -0.137. The average molecular weight is 419 g/mol. The highest BCUT2D eigenvalue weighted by Crippen LogP contribution is 2.29. The third-order valence-electron chi connectivity index (χ3n) is 4.76. The van der Waals surface area contributed by atoms with Crippen LogP contribution in [-0.4, -0.2) is 28.6 Å². The maximum Gasteiger partial charge on any atom is 0.416 e. The van der Waals surface area contributed by atoms with Crippen LogP contribution in [-0.2, 0) is 23.9 Å². The Balaban J connectivity index is 1.68. The van der Waals surface area contributed by atoms with Gasteiger partial charge >= 0.3 is 12.3 Å². The van der Waals surface area contributed by atoms with Gasteiger partial charge in [-0.1, -0.05) is 30.3 Å². The second-order valence-electron chi connectivity index (χ2n) is 6.86. The fourth-order valence-corrected chi connectivity index (χ4v) is 3.18. The molecule has 30 heavy (non-hydrogen) atoms. The lowest BCUT2D eigenvalue weighted by atomic mass is 9.97. The largest absolute Gasteiger partial charge is 0.465 e. The Morgan fingerprint density at radius 2 is 1.73 bits per heavy atom. The summed E-state index contributed by atoms with van der Waals surface area (Å²) in [5.41, 5.74) is 1.52. The zero-order chi connectivity index (χ0) is 21.7. The van der Waals surface area contributed by atoms with Gasteiger partial charge in [-0.2, -0.15) is 13.2 Å². The third kappa shape index (κ3) is 5.31. The number of benzene rings is 2. The molecule has 158 valence electrons. The maximum atomic E-state index is 12.7. The highest BCUT2D eigenvalue weighted by atomic mass is 19.4. The molecular weight excluding hydrogens is 399 g/mol. The van der Waals surface area contributed by atoms with Gasteiger partial charge in [-0.25, -0.2) is 4.79 Å². The number of nitrogens with one attached hydrogen (secondary N) is 3. The molecule has 1 atom stereocenters. The number of rotatable bonds is 7. The number of para-hydroxylation sites is 1. The van der Waals surface area contributed by atoms with E-state index in [0.717, 1.165) is 28.6 Å². The van der Waals surface area contributed by atoms with Gasteiger partial charge in [-0.05, 0) is 35.7 Å². The number of alkyl halides is 3. The Morgan fingerprint density at radius 3 is 2.40 bits per heavy atom. The van der Waals surface area contributed by atoms with Gasteiger partial charge in [0.2, 0.25) is 5.91 Å². The molecule has 3 aromatic rings. The summed E-state index contributed by atoms with van der Waals surface area (Å²) in [7, 11) is 0. The van der Waals surface area contributed by atoms with Crippen LogP contribution in [0.2, 0.25) is 0 Å². The molecule has 0 spiro atoms. The molecule has 0 saturated heterocycles. The zero-order valence-electron chi connectivity index (χ0n) is 15.8. The van der Waals surface area contributed by atoms with Crippen LogP contribution in [0.15, 0.2) is 54.7 Å². The van der Waals surface area contributed by atoms with Crippen LogP contribution in [0.3, 0.4) is 0 Å². The van der Waals surface area contributed by atoms with Crippen molar-refractivity contribution in [3.8, 4) is 0 Å². The zero-order valence-corrected chi connectivity index (χ0v) is 15.8. The molecule has 0 bridgehead atoms. The van der Waals surface area contributed by atoms with Gasteiger partial charge in [0.25, 0.3) is 0 Å². The van der Waals surface area contributed by atoms with Gasteiger partial charge in [-0.15, -0.1) is 0 Å². The summed E-state index contributed by atoms with van der Waals surface area (Å²) >= 11 is 0. The third-order valence-corrected chi connectivity index (χ3v) is 4.76. The summed E-state index contributed by atoms with van der Waals surface area (Å²) in [5.74, 6) is -1.08. The molecule has 0 aliphatic rings. The summed E-state index contributed by atoms with van der Waals surface area (Å²) in [6.45, 7) is -0.0535. The van der Waals surface area contributed by atoms with E-state index in [1.807, 2.05) is 24.3 Å². The van der Waals surface area contributed by atoms with Crippen molar-refractivity contribution in [3.63, 3.8) is 0 Å². The molecule has 6 nitrogen and oxygen atoms in total. The fraction of sp³-hybridized carbons (Fsp3) is 0.238. The van der Waals surface area contributed by atoms with Crippen molar-refractivity contribution in [2.24, 2.45) is 5.92 Å². The Bertz CT molecular complexity index is 1030. The minimum Gasteiger partial charge on any atom is -0.465 e. The molecular formula is C21H20F3N3O3. The molecule has 0 radical (unpaired) electrons. The lowest BCUT2D eigenvalue weighted by Gasteiger charge is -2.17. The number of aromatic amines is 1. The standard InChI is InChI=1S/C21H20F3N3O3/c22-21(23,24)16-7-5-13(6-8-16)10-26-19(28)15(12-27-20(29)30)9-14-11-25-18-4-2-1-3-17(14)18/h1-8,11,15,25,27H,9-10,12H2,(H,26,28)(H,29,30). The Kier molecular flexibility index (Phi) is 6.29. The van der Waals surface area contributed by atoms with Crippen LogP contribution >= 0.6 is 0 Å². The van der Waals surface area contributed by atoms with E-state index in [2.05, 4.69) is 15.6 Å². The second kappa shape index (κ2) is 8.89. The minimum atomic E-state index is -4.42. The molecule has 4 N–H and O–H groups in total. The monoisotopic (exact) mass is 419 g/mol. The van der Waals surface area contributed by atoms with Gasteiger partial charge in [0.05, 0.1) is 11.5 Å². The van der Waals surface area contributed by atoms with E-state index in [9.17, 15) is 22.8 Å². The van der Waals surface area contributed by atoms with Crippen molar-refractivity contribution in [1.29, 1.82) is 0 Å². The number of hydrogen-bond donors (Lipinski definition) is 4. The fourth-order valence-electron chi connectivity index (χ4n) is 3.18. The number of aromatic nitrogens is 1. The van der Waals surface area contributed by atoms with Crippen LogP contribution in [0.4, 0.5) is 18.0 Å². The van der Waals surface area contributed by atoms with Crippen LogP contribution in [0, 0.1) is 5.92 Å². The average Bonchev–Trinajstić information content (AvgIpc) is 3.11. The van der Waals surface area contributed by atoms with Crippen LogP contribution < -0.4 is 10.6 Å². The number of carboxylic acid groups (broad SMARTS) is 1. The number of amides is 2. The maximum absolute atomic E-state index is 12.7. The molecule has 0 fully saturated rings. The first-order valence-corrected chi connectivity index (χ1v) is 9.19. The number of halogens is 3. The van der Waals surface area contributed by atoms with E-state index in [0.29, 0.717) is 12.0 Å². The van der Waals surface area contributed by atoms with E-state index in [-0.39, 0.29) is 13.1 Å². The summed E-state index contributed by atoms with van der Waals surface area (Å²) < 4.78 is 38.0. The lowest BCUT2D eigenvalue weighted by Crippen LogP contribution is -2.39. The van der Waals surface area contributed by atoms with Gasteiger partial charge in [0.15, 0.2) is 0 Å². The van der Waals surface area contributed by atoms with Crippen LogP contribution in [0.1, 0.15) is 16.7 Å². The predicted octanol–water partition coefficient (Wildman–Crippen LogP) is 3.93. The van der Waals surface area contributed by atoms with Crippen LogP contribution in [0.25, 0.3) is 10.9 Å². The Morgan fingerprint density at radius 1 is 1.03 bits per heavy atom. The van der Waals surface area contributed by atoms with E-state index >= 15 is 0 Å². The molecule has 0 aliphatic heterocycles. The van der Waals surface area contributed by atoms with Crippen molar-refractivity contribution in [3.05, 3.63) is 71.4 Å². The van der Waals surface area contributed by atoms with Crippen molar-refractivity contribution >= 4 is 22.9 Å². The number of H-pyrrole nitrogens is 1. The molecule has 1 unspecified atom stereocenters. The van der Waals surface area contributed by atoms with Crippen molar-refractivity contribution in [1.82, 2.24) is 15.6 Å². The van der Waals surface area contributed by atoms with Gasteiger partial charge < -0.3 is 20.7 Å². The minimum absolute atomic E-state index is 0.0361. The summed E-state index contributed by atoms with van der Waals surface area (Å²) in [5, 5.41) is 14.7. The van der Waals surface area contributed by atoms with Gasteiger partial charge in [0.1, 0.15) is 0 Å². The summed E-state index contributed by atoms with van der Waals surface area (Å²) in [6.07, 6.45) is -3.59. The van der Waals surface area contributed by atoms with E-state index in [1.54, 1.807) is 6.20 Å². The Labute approximate surface area is 170 Å².